The van der Waals surface area contributed by atoms with E-state index in [1.165, 1.54) is 4.90 Å². The number of nitrogens with zero attached hydrogens (tertiary/aromatic N) is 1. The minimum atomic E-state index is -0.212. The molecule has 2 amide bonds. The van der Waals surface area contributed by atoms with E-state index in [2.05, 4.69) is 21.6 Å². The highest BCUT2D eigenvalue weighted by atomic mass is 16.5. The summed E-state index contributed by atoms with van der Waals surface area (Å²) in [5, 5.41) is 5.70. The van der Waals surface area contributed by atoms with Gasteiger partial charge in [-0.25, -0.2) is 0 Å². The van der Waals surface area contributed by atoms with Gasteiger partial charge in [-0.2, -0.15) is 0 Å². The Balaban J connectivity index is 1.46. The predicted octanol–water partition coefficient (Wildman–Crippen LogP) is 1.16. The molecule has 166 valence electrons. The number of carbonyl (C=O) groups is 2. The van der Waals surface area contributed by atoms with E-state index >= 15 is 0 Å². The summed E-state index contributed by atoms with van der Waals surface area (Å²) in [6.45, 7) is 9.27. The van der Waals surface area contributed by atoms with Crippen LogP contribution in [0.3, 0.4) is 0 Å². The molecule has 0 saturated carbocycles. The molecule has 2 aromatic rings. The monoisotopic (exact) mass is 425 g/mol. The average Bonchev–Trinajstić information content (AvgIpc) is 2.79. The first-order chi connectivity index (χ1) is 14.9. The van der Waals surface area contributed by atoms with Crippen LogP contribution in [0.25, 0.3) is 0 Å². The standard InChI is InChI=1S/C24H32N4O3/c1-17-7-5-8-18(2)23(17)26-22(29)16-25-24(30)19(3)27-11-13-28(14-12-27)20-9-6-10-21(15-20)31-4/h5-10,15,19H,11-14,16H2,1-4H3,(H,25,30)(H,26,29)/p+1/t19-/m1/s1. The maximum absolute atomic E-state index is 12.6. The summed E-state index contributed by atoms with van der Waals surface area (Å²) in [6.07, 6.45) is 0. The number of rotatable bonds is 7. The molecule has 0 bridgehead atoms. The van der Waals surface area contributed by atoms with Crippen LogP contribution < -0.4 is 25.2 Å². The number of nitrogens with one attached hydrogen (secondary N) is 3. The lowest BCUT2D eigenvalue weighted by Crippen LogP contribution is -3.19. The van der Waals surface area contributed by atoms with E-state index in [1.807, 2.05) is 57.2 Å². The largest absolute Gasteiger partial charge is 0.497 e. The Labute approximate surface area is 184 Å². The summed E-state index contributed by atoms with van der Waals surface area (Å²) in [5.41, 5.74) is 3.96. The number of piperazine rings is 1. The lowest BCUT2D eigenvalue weighted by Gasteiger charge is -2.36. The molecule has 1 saturated heterocycles. The number of methoxy groups -OCH3 is 1. The number of amides is 2. The number of carbonyl (C=O) groups excluding carboxylic acids is 2. The van der Waals surface area contributed by atoms with Crippen LogP contribution in [0.4, 0.5) is 11.4 Å². The van der Waals surface area contributed by atoms with Gasteiger partial charge in [-0.15, -0.1) is 0 Å². The number of aryl methyl sites for hydroxylation is 2. The Morgan fingerprint density at radius 2 is 1.74 bits per heavy atom. The molecule has 0 aliphatic carbocycles. The summed E-state index contributed by atoms with van der Waals surface area (Å²) in [5.74, 6) is 0.538. The summed E-state index contributed by atoms with van der Waals surface area (Å²) in [4.78, 5) is 28.5. The molecule has 0 unspecified atom stereocenters. The smallest absolute Gasteiger partial charge is 0.278 e. The van der Waals surface area contributed by atoms with Crippen LogP contribution in [0, 0.1) is 13.8 Å². The van der Waals surface area contributed by atoms with Gasteiger partial charge in [0.1, 0.15) is 5.75 Å². The molecule has 2 aromatic carbocycles. The van der Waals surface area contributed by atoms with Crippen molar-refractivity contribution in [2.75, 3.05) is 50.1 Å². The quantitative estimate of drug-likeness (QED) is 0.622. The second-order valence-corrected chi connectivity index (χ2v) is 8.10. The zero-order chi connectivity index (χ0) is 22.4. The van der Waals surface area contributed by atoms with E-state index in [4.69, 9.17) is 4.74 Å². The van der Waals surface area contributed by atoms with Gasteiger partial charge >= 0.3 is 0 Å². The molecule has 1 heterocycles. The number of anilines is 2. The van der Waals surface area contributed by atoms with E-state index in [9.17, 15) is 9.59 Å². The van der Waals surface area contributed by atoms with E-state index < -0.39 is 0 Å². The fraction of sp³-hybridized carbons (Fsp3) is 0.417. The second-order valence-electron chi connectivity index (χ2n) is 8.10. The minimum Gasteiger partial charge on any atom is -0.497 e. The van der Waals surface area contributed by atoms with Crippen molar-refractivity contribution in [1.29, 1.82) is 0 Å². The number of quaternary nitrogens is 1. The van der Waals surface area contributed by atoms with Gasteiger partial charge in [0, 0.05) is 17.4 Å². The highest BCUT2D eigenvalue weighted by Gasteiger charge is 2.29. The molecule has 7 heteroatoms. The van der Waals surface area contributed by atoms with Crippen molar-refractivity contribution in [2.45, 2.75) is 26.8 Å². The van der Waals surface area contributed by atoms with Crippen LogP contribution in [0.15, 0.2) is 42.5 Å². The fourth-order valence-electron chi connectivity index (χ4n) is 3.99. The third kappa shape index (κ3) is 5.76. The van der Waals surface area contributed by atoms with Gasteiger partial charge in [-0.1, -0.05) is 24.3 Å². The van der Waals surface area contributed by atoms with Crippen LogP contribution in [-0.2, 0) is 9.59 Å². The van der Waals surface area contributed by atoms with Gasteiger partial charge in [0.05, 0.1) is 39.8 Å². The van der Waals surface area contributed by atoms with Gasteiger partial charge < -0.3 is 25.2 Å². The molecular weight excluding hydrogens is 392 g/mol. The van der Waals surface area contributed by atoms with Crippen molar-refractivity contribution in [3.05, 3.63) is 53.6 Å². The Hall–Kier alpha value is -3.06. The van der Waals surface area contributed by atoms with Crippen molar-refractivity contribution in [1.82, 2.24) is 5.32 Å². The van der Waals surface area contributed by atoms with Crippen LogP contribution in [-0.4, -0.2) is 57.7 Å². The Morgan fingerprint density at radius 3 is 2.39 bits per heavy atom. The summed E-state index contributed by atoms with van der Waals surface area (Å²) < 4.78 is 5.32. The third-order valence-electron chi connectivity index (χ3n) is 6.00. The molecule has 0 aromatic heterocycles. The molecule has 1 fully saturated rings. The van der Waals surface area contributed by atoms with Gasteiger partial charge in [-0.05, 0) is 44.0 Å². The third-order valence-corrected chi connectivity index (χ3v) is 6.00. The SMILES string of the molecule is COc1cccc(N2CC[NH+]([C@H](C)C(=O)NCC(=O)Nc3c(C)cccc3C)CC2)c1. The van der Waals surface area contributed by atoms with Crippen LogP contribution in [0.2, 0.25) is 0 Å². The molecule has 31 heavy (non-hydrogen) atoms. The van der Waals surface area contributed by atoms with Crippen molar-refractivity contribution >= 4 is 23.2 Å². The van der Waals surface area contributed by atoms with Gasteiger partial charge in [0.2, 0.25) is 5.91 Å². The van der Waals surface area contributed by atoms with E-state index in [1.54, 1.807) is 7.11 Å². The lowest BCUT2D eigenvalue weighted by atomic mass is 10.1. The Morgan fingerprint density at radius 1 is 1.10 bits per heavy atom. The maximum atomic E-state index is 12.6. The van der Waals surface area contributed by atoms with Crippen LogP contribution in [0.1, 0.15) is 18.1 Å². The highest BCUT2D eigenvalue weighted by molar-refractivity contribution is 5.96. The maximum Gasteiger partial charge on any atom is 0.278 e. The first-order valence-corrected chi connectivity index (χ1v) is 10.8. The molecule has 1 aliphatic heterocycles. The molecule has 3 rings (SSSR count). The van der Waals surface area contributed by atoms with Crippen LogP contribution >= 0.6 is 0 Å². The zero-order valence-electron chi connectivity index (χ0n) is 18.8. The van der Waals surface area contributed by atoms with Crippen molar-refractivity contribution in [3.63, 3.8) is 0 Å². The first kappa shape index (κ1) is 22.6. The molecule has 3 N–H and O–H groups in total. The summed E-state index contributed by atoms with van der Waals surface area (Å²) in [6, 6.07) is 13.7. The minimum absolute atomic E-state index is 0.0276. The zero-order valence-corrected chi connectivity index (χ0v) is 18.8. The molecule has 7 nitrogen and oxygen atoms in total. The van der Waals surface area contributed by atoms with E-state index in [-0.39, 0.29) is 24.4 Å². The molecular formula is C24H33N4O3+. The van der Waals surface area contributed by atoms with Crippen molar-refractivity contribution in [3.8, 4) is 5.75 Å². The summed E-state index contributed by atoms with van der Waals surface area (Å²) in [7, 11) is 1.67. The highest BCUT2D eigenvalue weighted by Crippen LogP contribution is 2.21. The topological polar surface area (TPSA) is 75.1 Å². The Kier molecular flexibility index (Phi) is 7.52. The predicted molar refractivity (Wildman–Crippen MR) is 123 cm³/mol. The second kappa shape index (κ2) is 10.3. The summed E-state index contributed by atoms with van der Waals surface area (Å²) >= 11 is 0. The van der Waals surface area contributed by atoms with Gasteiger partial charge in [0.15, 0.2) is 6.04 Å². The fourth-order valence-corrected chi connectivity index (χ4v) is 3.99. The number of hydrogen-bond donors (Lipinski definition) is 3. The molecule has 1 atom stereocenters. The molecule has 1 aliphatic rings. The molecule has 0 radical (unpaired) electrons. The van der Waals surface area contributed by atoms with Crippen LogP contribution in [0.5, 0.6) is 5.75 Å². The number of ether oxygens (including phenoxy) is 1. The Bertz CT molecular complexity index is 903. The van der Waals surface area contributed by atoms with E-state index in [0.29, 0.717) is 0 Å². The molecule has 0 spiro atoms. The number of benzene rings is 2. The van der Waals surface area contributed by atoms with Gasteiger partial charge in [0.25, 0.3) is 5.91 Å². The number of hydrogen-bond acceptors (Lipinski definition) is 4. The number of para-hydroxylation sites is 1. The van der Waals surface area contributed by atoms with Crippen molar-refractivity contribution < 1.29 is 19.2 Å². The average molecular weight is 426 g/mol. The first-order valence-electron chi connectivity index (χ1n) is 10.8. The van der Waals surface area contributed by atoms with Crippen molar-refractivity contribution in [2.24, 2.45) is 0 Å². The lowest BCUT2D eigenvalue weighted by molar-refractivity contribution is -0.914. The normalized spacial score (nSPS) is 15.3. The van der Waals surface area contributed by atoms with Gasteiger partial charge in [-0.3, -0.25) is 9.59 Å². The van der Waals surface area contributed by atoms with E-state index in [0.717, 1.165) is 54.4 Å².